The standard InChI is InChI=1S/C11H13NO3/c1-3-13-7-14-9-4-5-10-8(2)12-15-11(10)6-9/h4-6H,3,7H2,1-2H3. The van der Waals surface area contributed by atoms with E-state index in [0.29, 0.717) is 6.61 Å². The highest BCUT2D eigenvalue weighted by atomic mass is 16.7. The molecular formula is C11H13NO3. The van der Waals surface area contributed by atoms with E-state index in [1.807, 2.05) is 32.0 Å². The SMILES string of the molecule is CCOCOc1ccc2c(C)noc2c1. The second-order valence-corrected chi connectivity index (χ2v) is 3.18. The topological polar surface area (TPSA) is 44.5 Å². The minimum Gasteiger partial charge on any atom is -0.467 e. The molecule has 0 bridgehead atoms. The van der Waals surface area contributed by atoms with Gasteiger partial charge < -0.3 is 14.0 Å². The summed E-state index contributed by atoms with van der Waals surface area (Å²) in [5, 5.41) is 4.88. The van der Waals surface area contributed by atoms with Crippen molar-refractivity contribution in [2.45, 2.75) is 13.8 Å². The molecule has 0 N–H and O–H groups in total. The Kier molecular flexibility index (Phi) is 2.87. The molecule has 4 nitrogen and oxygen atoms in total. The zero-order chi connectivity index (χ0) is 10.7. The van der Waals surface area contributed by atoms with Crippen molar-refractivity contribution in [3.8, 4) is 5.75 Å². The summed E-state index contributed by atoms with van der Waals surface area (Å²) in [4.78, 5) is 0. The smallest absolute Gasteiger partial charge is 0.189 e. The van der Waals surface area contributed by atoms with E-state index >= 15 is 0 Å². The summed E-state index contributed by atoms with van der Waals surface area (Å²) in [7, 11) is 0. The number of rotatable bonds is 4. The molecule has 0 saturated heterocycles. The molecule has 2 rings (SSSR count). The minimum absolute atomic E-state index is 0.259. The first-order chi connectivity index (χ1) is 7.31. The molecule has 0 unspecified atom stereocenters. The Morgan fingerprint density at radius 3 is 3.07 bits per heavy atom. The molecule has 4 heteroatoms. The fraction of sp³-hybridized carbons (Fsp3) is 0.364. The number of nitrogens with zero attached hydrogens (tertiary/aromatic N) is 1. The molecule has 0 atom stereocenters. The maximum atomic E-state index is 5.35. The second kappa shape index (κ2) is 4.31. The van der Waals surface area contributed by atoms with Gasteiger partial charge in [0.15, 0.2) is 12.4 Å². The van der Waals surface area contributed by atoms with Gasteiger partial charge in [-0.15, -0.1) is 0 Å². The van der Waals surface area contributed by atoms with Crippen LogP contribution in [0.3, 0.4) is 0 Å². The number of fused-ring (bicyclic) bond motifs is 1. The van der Waals surface area contributed by atoms with Gasteiger partial charge in [-0.1, -0.05) is 5.16 Å². The van der Waals surface area contributed by atoms with Gasteiger partial charge in [-0.25, -0.2) is 0 Å². The van der Waals surface area contributed by atoms with E-state index in [-0.39, 0.29) is 6.79 Å². The van der Waals surface area contributed by atoms with Crippen LogP contribution in [0.15, 0.2) is 22.7 Å². The largest absolute Gasteiger partial charge is 0.467 e. The van der Waals surface area contributed by atoms with Crippen LogP contribution in [0, 0.1) is 6.92 Å². The van der Waals surface area contributed by atoms with Gasteiger partial charge in [0, 0.05) is 18.1 Å². The summed E-state index contributed by atoms with van der Waals surface area (Å²) < 4.78 is 15.6. The molecule has 1 aromatic heterocycles. The van der Waals surface area contributed by atoms with E-state index in [1.54, 1.807) is 0 Å². The molecule has 0 amide bonds. The normalized spacial score (nSPS) is 10.8. The van der Waals surface area contributed by atoms with Gasteiger partial charge in [-0.2, -0.15) is 0 Å². The van der Waals surface area contributed by atoms with Gasteiger partial charge >= 0.3 is 0 Å². The molecule has 0 radical (unpaired) electrons. The number of ether oxygens (including phenoxy) is 2. The maximum Gasteiger partial charge on any atom is 0.189 e. The first-order valence-corrected chi connectivity index (χ1v) is 4.88. The van der Waals surface area contributed by atoms with Crippen LogP contribution < -0.4 is 4.74 Å². The van der Waals surface area contributed by atoms with Gasteiger partial charge in [0.05, 0.1) is 5.69 Å². The van der Waals surface area contributed by atoms with E-state index in [2.05, 4.69) is 5.16 Å². The van der Waals surface area contributed by atoms with Crippen LogP contribution in [0.1, 0.15) is 12.6 Å². The van der Waals surface area contributed by atoms with Gasteiger partial charge in [-0.3, -0.25) is 0 Å². The quantitative estimate of drug-likeness (QED) is 0.570. The molecule has 1 aromatic carbocycles. The Hall–Kier alpha value is -1.55. The number of aromatic nitrogens is 1. The Bertz CT molecular complexity index is 450. The lowest BCUT2D eigenvalue weighted by molar-refractivity contribution is 0.0224. The molecule has 2 aromatic rings. The van der Waals surface area contributed by atoms with Crippen LogP contribution in [0.25, 0.3) is 11.0 Å². The average Bonchev–Trinajstić information content (AvgIpc) is 2.61. The highest BCUT2D eigenvalue weighted by Crippen LogP contribution is 2.22. The Balaban J connectivity index is 2.16. The number of hydrogen-bond acceptors (Lipinski definition) is 4. The number of hydrogen-bond donors (Lipinski definition) is 0. The van der Waals surface area contributed by atoms with E-state index in [0.717, 1.165) is 22.4 Å². The zero-order valence-corrected chi connectivity index (χ0v) is 8.82. The fourth-order valence-electron chi connectivity index (χ4n) is 1.33. The molecule has 1 heterocycles. The third-order valence-electron chi connectivity index (χ3n) is 2.14. The first-order valence-electron chi connectivity index (χ1n) is 4.88. The lowest BCUT2D eigenvalue weighted by Crippen LogP contribution is -2.01. The summed E-state index contributed by atoms with van der Waals surface area (Å²) >= 11 is 0. The molecule has 0 fully saturated rings. The van der Waals surface area contributed by atoms with Gasteiger partial charge in [-0.05, 0) is 26.0 Å². The highest BCUT2D eigenvalue weighted by Gasteiger charge is 2.04. The third kappa shape index (κ3) is 2.10. The number of aryl methyl sites for hydroxylation is 1. The predicted octanol–water partition coefficient (Wildman–Crippen LogP) is 2.51. The lowest BCUT2D eigenvalue weighted by Gasteiger charge is -2.04. The second-order valence-electron chi connectivity index (χ2n) is 3.18. The van der Waals surface area contributed by atoms with Gasteiger partial charge in [0.1, 0.15) is 5.75 Å². The van der Waals surface area contributed by atoms with Crippen molar-refractivity contribution in [2.24, 2.45) is 0 Å². The van der Waals surface area contributed by atoms with Crippen LogP contribution >= 0.6 is 0 Å². The Morgan fingerprint density at radius 2 is 2.27 bits per heavy atom. The Labute approximate surface area is 87.8 Å². The molecule has 0 aliphatic heterocycles. The lowest BCUT2D eigenvalue weighted by atomic mass is 10.2. The van der Waals surface area contributed by atoms with E-state index in [9.17, 15) is 0 Å². The van der Waals surface area contributed by atoms with Crippen LogP contribution in [-0.2, 0) is 4.74 Å². The highest BCUT2D eigenvalue weighted by molar-refractivity contribution is 5.80. The molecule has 0 saturated carbocycles. The molecule has 80 valence electrons. The summed E-state index contributed by atoms with van der Waals surface area (Å²) in [6.45, 7) is 4.73. The van der Waals surface area contributed by atoms with Crippen molar-refractivity contribution in [3.63, 3.8) is 0 Å². The summed E-state index contributed by atoms with van der Waals surface area (Å²) in [6.07, 6.45) is 0. The molecule has 0 spiro atoms. The summed E-state index contributed by atoms with van der Waals surface area (Å²) in [6, 6.07) is 5.63. The molecule has 0 aliphatic rings. The van der Waals surface area contributed by atoms with E-state index in [4.69, 9.17) is 14.0 Å². The molecule has 0 aliphatic carbocycles. The Morgan fingerprint density at radius 1 is 1.40 bits per heavy atom. The van der Waals surface area contributed by atoms with Crippen molar-refractivity contribution in [2.75, 3.05) is 13.4 Å². The monoisotopic (exact) mass is 207 g/mol. The van der Waals surface area contributed by atoms with Crippen molar-refractivity contribution in [1.82, 2.24) is 5.16 Å². The summed E-state index contributed by atoms with van der Waals surface area (Å²) in [5.74, 6) is 0.729. The van der Waals surface area contributed by atoms with Crippen LogP contribution in [0.2, 0.25) is 0 Å². The van der Waals surface area contributed by atoms with Crippen LogP contribution in [0.4, 0.5) is 0 Å². The predicted molar refractivity (Wildman–Crippen MR) is 55.9 cm³/mol. The van der Waals surface area contributed by atoms with Crippen molar-refractivity contribution in [1.29, 1.82) is 0 Å². The van der Waals surface area contributed by atoms with Gasteiger partial charge in [0.2, 0.25) is 0 Å². The maximum absolute atomic E-state index is 5.35. The molecule has 15 heavy (non-hydrogen) atoms. The minimum atomic E-state index is 0.259. The zero-order valence-electron chi connectivity index (χ0n) is 8.82. The average molecular weight is 207 g/mol. The first kappa shape index (κ1) is 9.98. The van der Waals surface area contributed by atoms with Crippen LogP contribution in [0.5, 0.6) is 5.75 Å². The fourth-order valence-corrected chi connectivity index (χ4v) is 1.33. The van der Waals surface area contributed by atoms with Crippen molar-refractivity contribution < 1.29 is 14.0 Å². The van der Waals surface area contributed by atoms with E-state index in [1.165, 1.54) is 0 Å². The van der Waals surface area contributed by atoms with Gasteiger partial charge in [0.25, 0.3) is 0 Å². The van der Waals surface area contributed by atoms with Crippen molar-refractivity contribution >= 4 is 11.0 Å². The van der Waals surface area contributed by atoms with Crippen LogP contribution in [-0.4, -0.2) is 18.6 Å². The molecular weight excluding hydrogens is 194 g/mol. The van der Waals surface area contributed by atoms with E-state index < -0.39 is 0 Å². The van der Waals surface area contributed by atoms with Crippen molar-refractivity contribution in [3.05, 3.63) is 23.9 Å². The third-order valence-corrected chi connectivity index (χ3v) is 2.14. The number of benzene rings is 1. The summed E-state index contributed by atoms with van der Waals surface area (Å²) in [5.41, 5.74) is 1.63.